The first-order valence-corrected chi connectivity index (χ1v) is 9.04. The van der Waals surface area contributed by atoms with Gasteiger partial charge in [0.15, 0.2) is 18.1 Å². The number of methoxy groups -OCH3 is 1. The van der Waals surface area contributed by atoms with Gasteiger partial charge in [-0.05, 0) is 23.3 Å². The molecule has 0 radical (unpaired) electrons. The van der Waals surface area contributed by atoms with Gasteiger partial charge in [-0.15, -0.1) is 12.4 Å². The number of hydrogen-bond acceptors (Lipinski definition) is 3. The summed E-state index contributed by atoms with van der Waals surface area (Å²) in [6, 6.07) is 16.7. The minimum Gasteiger partial charge on any atom is -0.479 e. The van der Waals surface area contributed by atoms with Crippen LogP contribution in [-0.4, -0.2) is 44.6 Å². The van der Waals surface area contributed by atoms with Crippen LogP contribution < -0.4 is 9.47 Å². The van der Waals surface area contributed by atoms with Crippen LogP contribution in [0.1, 0.15) is 23.1 Å². The van der Waals surface area contributed by atoms with Crippen molar-refractivity contribution in [1.29, 1.82) is 0 Å². The van der Waals surface area contributed by atoms with Crippen molar-refractivity contribution in [3.05, 3.63) is 59.7 Å². The molecular formula is C21H25ClNO3+. The Morgan fingerprint density at radius 3 is 2.42 bits per heavy atom. The van der Waals surface area contributed by atoms with Crippen LogP contribution in [0, 0.1) is 5.92 Å². The lowest BCUT2D eigenvalue weighted by Crippen LogP contribution is -2.57. The molecule has 138 valence electrons. The van der Waals surface area contributed by atoms with E-state index >= 15 is 0 Å². The Labute approximate surface area is 160 Å². The van der Waals surface area contributed by atoms with E-state index < -0.39 is 0 Å². The number of nitrogens with zero attached hydrogens (tertiary/aromatic N) is 1. The van der Waals surface area contributed by atoms with Crippen molar-refractivity contribution in [2.45, 2.75) is 18.2 Å². The number of likely N-dealkylation sites (tertiary alicyclic amines) is 1. The van der Waals surface area contributed by atoms with E-state index in [2.05, 4.69) is 31.3 Å². The van der Waals surface area contributed by atoms with E-state index in [1.165, 1.54) is 11.1 Å². The molecule has 5 rings (SSSR count). The summed E-state index contributed by atoms with van der Waals surface area (Å²) in [5, 5.41) is 0. The Bertz CT molecular complexity index is 813. The molecule has 5 heteroatoms. The second kappa shape index (κ2) is 6.45. The fourth-order valence-corrected chi connectivity index (χ4v) is 5.09. The minimum absolute atomic E-state index is 0. The normalized spacial score (nSPS) is 33.9. The fraction of sp³-hybridized carbons (Fsp3) is 0.429. The van der Waals surface area contributed by atoms with Crippen LogP contribution in [0.25, 0.3) is 0 Å². The quantitative estimate of drug-likeness (QED) is 0.749. The highest BCUT2D eigenvalue weighted by molar-refractivity contribution is 5.85. The maximum atomic E-state index is 6.35. The molecule has 2 aromatic rings. The Balaban J connectivity index is 0.00000168. The van der Waals surface area contributed by atoms with E-state index in [0.717, 1.165) is 29.1 Å². The summed E-state index contributed by atoms with van der Waals surface area (Å²) in [7, 11) is 4.14. The van der Waals surface area contributed by atoms with Crippen LogP contribution in [-0.2, 0) is 4.74 Å². The molecule has 26 heavy (non-hydrogen) atoms. The molecule has 1 aliphatic carbocycles. The van der Waals surface area contributed by atoms with Crippen molar-refractivity contribution in [1.82, 2.24) is 0 Å². The second-order valence-corrected chi connectivity index (χ2v) is 7.73. The molecule has 0 N–H and O–H groups in total. The Morgan fingerprint density at radius 1 is 0.962 bits per heavy atom. The van der Waals surface area contributed by atoms with E-state index in [9.17, 15) is 0 Å². The third-order valence-electron chi connectivity index (χ3n) is 6.29. The van der Waals surface area contributed by atoms with Gasteiger partial charge in [-0.1, -0.05) is 36.4 Å². The zero-order valence-corrected chi connectivity index (χ0v) is 15.9. The maximum Gasteiger partial charge on any atom is 0.267 e. The van der Waals surface area contributed by atoms with Crippen molar-refractivity contribution >= 4 is 12.4 Å². The van der Waals surface area contributed by atoms with Gasteiger partial charge < -0.3 is 14.2 Å². The van der Waals surface area contributed by atoms with Gasteiger partial charge in [0.05, 0.1) is 32.2 Å². The molecule has 0 aromatic heterocycles. The highest BCUT2D eigenvalue weighted by Gasteiger charge is 2.56. The highest BCUT2D eigenvalue weighted by atomic mass is 35.5. The lowest BCUT2D eigenvalue weighted by atomic mass is 9.96. The molecular weight excluding hydrogens is 350 g/mol. The number of likely N-dealkylation sites (N-methyl/N-ethyl adjacent to an activating group) is 1. The maximum absolute atomic E-state index is 6.35. The number of fused-ring (bicyclic) bond motifs is 4. The summed E-state index contributed by atoms with van der Waals surface area (Å²) in [4.78, 5) is 0. The van der Waals surface area contributed by atoms with E-state index in [1.54, 1.807) is 0 Å². The first-order valence-electron chi connectivity index (χ1n) is 9.04. The van der Waals surface area contributed by atoms with Crippen LogP contribution >= 0.6 is 12.4 Å². The Hall–Kier alpha value is -1.75. The predicted molar refractivity (Wildman–Crippen MR) is 102 cm³/mol. The molecule has 0 bridgehead atoms. The van der Waals surface area contributed by atoms with E-state index in [1.807, 2.05) is 31.4 Å². The lowest BCUT2D eigenvalue weighted by molar-refractivity contribution is -0.942. The third-order valence-corrected chi connectivity index (χ3v) is 6.29. The van der Waals surface area contributed by atoms with Crippen molar-refractivity contribution < 1.29 is 18.7 Å². The molecule has 1 saturated heterocycles. The van der Waals surface area contributed by atoms with Crippen LogP contribution in [0.3, 0.4) is 0 Å². The second-order valence-electron chi connectivity index (χ2n) is 7.73. The summed E-state index contributed by atoms with van der Waals surface area (Å²) in [6.45, 7) is 2.72. The molecule has 2 heterocycles. The summed E-state index contributed by atoms with van der Waals surface area (Å²) in [5.41, 5.74) is 2.83. The summed E-state index contributed by atoms with van der Waals surface area (Å²) in [5.74, 6) is 2.75. The van der Waals surface area contributed by atoms with Crippen molar-refractivity contribution in [2.24, 2.45) is 5.92 Å². The van der Waals surface area contributed by atoms with Crippen molar-refractivity contribution in [3.8, 4) is 11.5 Å². The molecule has 0 amide bonds. The predicted octanol–water partition coefficient (Wildman–Crippen LogP) is 3.77. The lowest BCUT2D eigenvalue weighted by Gasteiger charge is -2.40. The van der Waals surface area contributed by atoms with Crippen molar-refractivity contribution in [3.63, 3.8) is 0 Å². The van der Waals surface area contributed by atoms with Gasteiger partial charge in [-0.3, -0.25) is 4.48 Å². The van der Waals surface area contributed by atoms with Gasteiger partial charge in [-0.25, -0.2) is 0 Å². The first-order chi connectivity index (χ1) is 12.2. The first kappa shape index (κ1) is 17.7. The standard InChI is InChI=1S/C21H24NO3.ClH/c1-22(20-13-24-18-9-5-6-10-19(18)25-20)11-16-14-7-3-4-8-15(14)21(23-2)17(16)12-22;/h3-10,16-17,20-21H,11-13H2,1-2H3;1H/q+1;/t16?,17?,20?,21?,22-;/m1./s1. The minimum atomic E-state index is 0. The molecule has 5 atom stereocenters. The average Bonchev–Trinajstić information content (AvgIpc) is 3.14. The highest BCUT2D eigenvalue weighted by Crippen LogP contribution is 2.53. The molecule has 2 aliphatic heterocycles. The number of halogens is 1. The van der Waals surface area contributed by atoms with Gasteiger partial charge in [0.25, 0.3) is 6.23 Å². The zero-order chi connectivity index (χ0) is 17.0. The number of benzene rings is 2. The molecule has 4 nitrogen and oxygen atoms in total. The van der Waals surface area contributed by atoms with Gasteiger partial charge in [0, 0.05) is 13.0 Å². The van der Waals surface area contributed by atoms with Gasteiger partial charge in [0.1, 0.15) is 0 Å². The third kappa shape index (κ3) is 2.51. The van der Waals surface area contributed by atoms with Crippen molar-refractivity contribution in [2.75, 3.05) is 33.9 Å². The molecule has 0 saturated carbocycles. The smallest absolute Gasteiger partial charge is 0.267 e. The largest absolute Gasteiger partial charge is 0.479 e. The van der Waals surface area contributed by atoms with E-state index in [0.29, 0.717) is 18.4 Å². The molecule has 4 unspecified atom stereocenters. The molecule has 3 aliphatic rings. The Kier molecular flexibility index (Phi) is 4.38. The summed E-state index contributed by atoms with van der Waals surface area (Å²) >= 11 is 0. The molecule has 2 aromatic carbocycles. The zero-order valence-electron chi connectivity index (χ0n) is 15.1. The molecule has 0 spiro atoms. The van der Waals surface area contributed by atoms with Crippen LogP contribution in [0.5, 0.6) is 11.5 Å². The number of ether oxygens (including phenoxy) is 3. The number of para-hydroxylation sites is 2. The van der Waals surface area contributed by atoms with E-state index in [-0.39, 0.29) is 24.7 Å². The monoisotopic (exact) mass is 374 g/mol. The number of quaternary nitrogens is 1. The van der Waals surface area contributed by atoms with Gasteiger partial charge in [0.2, 0.25) is 0 Å². The number of hydrogen-bond donors (Lipinski definition) is 0. The number of rotatable bonds is 2. The average molecular weight is 375 g/mol. The van der Waals surface area contributed by atoms with Gasteiger partial charge >= 0.3 is 0 Å². The van der Waals surface area contributed by atoms with Crippen LogP contribution in [0.4, 0.5) is 0 Å². The fourth-order valence-electron chi connectivity index (χ4n) is 5.09. The van der Waals surface area contributed by atoms with Gasteiger partial charge in [-0.2, -0.15) is 0 Å². The summed E-state index contributed by atoms with van der Waals surface area (Å²) < 4.78 is 19.1. The SMILES string of the molecule is COC1c2ccccc2C2C[N@@+](C)(C3COc4ccccc4O3)CC21.Cl. The summed E-state index contributed by atoms with van der Waals surface area (Å²) in [6.07, 6.45) is 0.225. The molecule has 1 fully saturated rings. The van der Waals surface area contributed by atoms with Crippen LogP contribution in [0.15, 0.2) is 48.5 Å². The topological polar surface area (TPSA) is 27.7 Å². The Morgan fingerprint density at radius 2 is 1.65 bits per heavy atom. The van der Waals surface area contributed by atoms with Crippen LogP contribution in [0.2, 0.25) is 0 Å². The van der Waals surface area contributed by atoms with E-state index in [4.69, 9.17) is 14.2 Å².